The normalized spacial score (nSPS) is 21.3. The summed E-state index contributed by atoms with van der Waals surface area (Å²) in [7, 11) is 0. The molecule has 1 saturated heterocycles. The van der Waals surface area contributed by atoms with Gasteiger partial charge in [-0.05, 0) is 49.9 Å². The van der Waals surface area contributed by atoms with Crippen LogP contribution in [0.3, 0.4) is 0 Å². The number of hydrogen-bond donors (Lipinski definition) is 3. The lowest BCUT2D eigenvalue weighted by molar-refractivity contribution is 0.0139. The molecule has 4 heteroatoms. The van der Waals surface area contributed by atoms with Crippen molar-refractivity contribution in [1.82, 2.24) is 4.90 Å². The molecule has 1 aliphatic rings. The predicted molar refractivity (Wildman–Crippen MR) is 74.1 cm³/mol. The lowest BCUT2D eigenvalue weighted by atomic mass is 9.98. The fourth-order valence-electron chi connectivity index (χ4n) is 2.63. The maximum Gasteiger partial charge on any atom is 0.118 e. The molecule has 0 bridgehead atoms. The highest BCUT2D eigenvalue weighted by Gasteiger charge is 2.26. The molecule has 1 aromatic carbocycles. The summed E-state index contributed by atoms with van der Waals surface area (Å²) >= 11 is 0. The molecule has 0 aromatic heterocycles. The number of aliphatic hydroxyl groups excluding tert-OH is 2. The van der Waals surface area contributed by atoms with Crippen molar-refractivity contribution in [2.45, 2.75) is 44.9 Å². The third-order valence-electron chi connectivity index (χ3n) is 4.09. The molecular weight excluding hydrogens is 242 g/mol. The van der Waals surface area contributed by atoms with E-state index in [1.165, 1.54) is 0 Å². The van der Waals surface area contributed by atoms with E-state index in [2.05, 4.69) is 4.90 Å². The van der Waals surface area contributed by atoms with E-state index in [0.29, 0.717) is 0 Å². The van der Waals surface area contributed by atoms with Gasteiger partial charge in [-0.15, -0.1) is 0 Å². The predicted octanol–water partition coefficient (Wildman–Crippen LogP) is 1.58. The number of likely N-dealkylation sites (tertiary alicyclic amines) is 1. The van der Waals surface area contributed by atoms with Gasteiger partial charge in [0.2, 0.25) is 0 Å². The Morgan fingerprint density at radius 1 is 1.26 bits per heavy atom. The minimum absolute atomic E-state index is 0.0106. The summed E-state index contributed by atoms with van der Waals surface area (Å²) < 4.78 is 0. The molecule has 0 radical (unpaired) electrons. The molecule has 0 unspecified atom stereocenters. The van der Waals surface area contributed by atoms with E-state index in [1.807, 2.05) is 19.9 Å². The highest BCUT2D eigenvalue weighted by molar-refractivity contribution is 5.36. The molecule has 1 fully saturated rings. The van der Waals surface area contributed by atoms with Crippen LogP contribution < -0.4 is 0 Å². The summed E-state index contributed by atoms with van der Waals surface area (Å²) in [5.41, 5.74) is 1.60. The van der Waals surface area contributed by atoms with Crippen molar-refractivity contribution in [2.75, 3.05) is 13.1 Å². The number of benzene rings is 1. The number of aromatic hydroxyl groups is 1. The van der Waals surface area contributed by atoms with E-state index in [0.717, 1.165) is 37.1 Å². The zero-order chi connectivity index (χ0) is 14.0. The first-order chi connectivity index (χ1) is 8.99. The molecule has 1 aromatic rings. The van der Waals surface area contributed by atoms with Gasteiger partial charge in [0.25, 0.3) is 0 Å². The van der Waals surface area contributed by atoms with E-state index in [1.54, 1.807) is 12.1 Å². The van der Waals surface area contributed by atoms with Gasteiger partial charge in [-0.1, -0.05) is 6.07 Å². The first-order valence-electron chi connectivity index (χ1n) is 6.88. The number of aliphatic hydroxyl groups is 2. The molecule has 2 rings (SSSR count). The Bertz CT molecular complexity index is 427. The second kappa shape index (κ2) is 5.90. The molecule has 3 N–H and O–H groups in total. The zero-order valence-corrected chi connectivity index (χ0v) is 11.6. The van der Waals surface area contributed by atoms with Crippen molar-refractivity contribution in [3.05, 3.63) is 29.3 Å². The van der Waals surface area contributed by atoms with Crippen LogP contribution in [0.2, 0.25) is 0 Å². The van der Waals surface area contributed by atoms with Gasteiger partial charge in [-0.25, -0.2) is 0 Å². The van der Waals surface area contributed by atoms with Crippen molar-refractivity contribution in [3.8, 4) is 5.75 Å². The molecule has 0 saturated carbocycles. The number of hydrogen-bond acceptors (Lipinski definition) is 4. The lowest BCUT2D eigenvalue weighted by Gasteiger charge is -2.36. The van der Waals surface area contributed by atoms with Crippen LogP contribution in [-0.2, 0) is 0 Å². The Hall–Kier alpha value is -1.10. The molecule has 4 nitrogen and oxygen atoms in total. The standard InChI is InChI=1S/C15H23NO3/c1-10-9-12(3-4-14(10)18)15(19)11(2)16-7-5-13(17)6-8-16/h3-4,9,11,13,15,17-19H,5-8H2,1-2H3/t11-,15+/m1/s1. The molecule has 1 aliphatic heterocycles. The monoisotopic (exact) mass is 265 g/mol. The van der Waals surface area contributed by atoms with Crippen LogP contribution in [-0.4, -0.2) is 45.5 Å². The first kappa shape index (κ1) is 14.3. The van der Waals surface area contributed by atoms with Gasteiger partial charge in [0.15, 0.2) is 0 Å². The average molecular weight is 265 g/mol. The number of aryl methyl sites for hydroxylation is 1. The average Bonchev–Trinajstić information content (AvgIpc) is 2.41. The summed E-state index contributed by atoms with van der Waals surface area (Å²) in [6, 6.07) is 5.23. The first-order valence-corrected chi connectivity index (χ1v) is 6.88. The van der Waals surface area contributed by atoms with Crippen LogP contribution in [0.4, 0.5) is 0 Å². The summed E-state index contributed by atoms with van der Waals surface area (Å²) in [5, 5.41) is 29.5. The fraction of sp³-hybridized carbons (Fsp3) is 0.600. The van der Waals surface area contributed by atoms with E-state index in [4.69, 9.17) is 0 Å². The smallest absolute Gasteiger partial charge is 0.118 e. The molecule has 19 heavy (non-hydrogen) atoms. The van der Waals surface area contributed by atoms with Gasteiger partial charge < -0.3 is 15.3 Å². The third-order valence-corrected chi connectivity index (χ3v) is 4.09. The van der Waals surface area contributed by atoms with Crippen LogP contribution >= 0.6 is 0 Å². The topological polar surface area (TPSA) is 63.9 Å². The Balaban J connectivity index is 2.05. The lowest BCUT2D eigenvalue weighted by Crippen LogP contribution is -2.44. The quantitative estimate of drug-likeness (QED) is 0.776. The molecule has 0 spiro atoms. The highest BCUT2D eigenvalue weighted by Crippen LogP contribution is 2.27. The van der Waals surface area contributed by atoms with Gasteiger partial charge in [-0.2, -0.15) is 0 Å². The van der Waals surface area contributed by atoms with Crippen molar-refractivity contribution in [3.63, 3.8) is 0 Å². The van der Waals surface area contributed by atoms with Crippen LogP contribution in [0.25, 0.3) is 0 Å². The second-order valence-electron chi connectivity index (χ2n) is 5.50. The van der Waals surface area contributed by atoms with Gasteiger partial charge in [-0.3, -0.25) is 4.90 Å². The largest absolute Gasteiger partial charge is 0.508 e. The summed E-state index contributed by atoms with van der Waals surface area (Å²) in [6.45, 7) is 5.46. The molecule has 0 amide bonds. The molecular formula is C15H23NO3. The molecule has 1 heterocycles. The molecule has 0 aliphatic carbocycles. The highest BCUT2D eigenvalue weighted by atomic mass is 16.3. The Labute approximate surface area is 114 Å². The fourth-order valence-corrected chi connectivity index (χ4v) is 2.63. The minimum Gasteiger partial charge on any atom is -0.508 e. The summed E-state index contributed by atoms with van der Waals surface area (Å²) in [5.74, 6) is 0.254. The van der Waals surface area contributed by atoms with Gasteiger partial charge in [0.1, 0.15) is 5.75 Å². The molecule has 2 atom stereocenters. The van der Waals surface area contributed by atoms with Crippen molar-refractivity contribution in [2.24, 2.45) is 0 Å². The number of piperidine rings is 1. The second-order valence-corrected chi connectivity index (χ2v) is 5.50. The van der Waals surface area contributed by atoms with Crippen LogP contribution in [0.15, 0.2) is 18.2 Å². The SMILES string of the molecule is Cc1cc([C@@H](O)[C@@H](C)N2CCC(O)CC2)ccc1O. The Kier molecular flexibility index (Phi) is 4.45. The maximum atomic E-state index is 10.4. The van der Waals surface area contributed by atoms with E-state index >= 15 is 0 Å². The van der Waals surface area contributed by atoms with Crippen molar-refractivity contribution < 1.29 is 15.3 Å². The Morgan fingerprint density at radius 3 is 2.47 bits per heavy atom. The number of nitrogens with zero attached hydrogens (tertiary/aromatic N) is 1. The van der Waals surface area contributed by atoms with Crippen molar-refractivity contribution in [1.29, 1.82) is 0 Å². The maximum absolute atomic E-state index is 10.4. The molecule has 106 valence electrons. The van der Waals surface area contributed by atoms with Crippen molar-refractivity contribution >= 4 is 0 Å². The third kappa shape index (κ3) is 3.26. The number of phenols is 1. The van der Waals surface area contributed by atoms with Crippen LogP contribution in [0.1, 0.15) is 37.0 Å². The zero-order valence-electron chi connectivity index (χ0n) is 11.6. The van der Waals surface area contributed by atoms with Gasteiger partial charge in [0, 0.05) is 19.1 Å². The number of rotatable bonds is 3. The van der Waals surface area contributed by atoms with Gasteiger partial charge in [0.05, 0.1) is 12.2 Å². The minimum atomic E-state index is -0.574. The van der Waals surface area contributed by atoms with E-state index in [-0.39, 0.29) is 17.9 Å². The van der Waals surface area contributed by atoms with E-state index < -0.39 is 6.10 Å². The summed E-state index contributed by atoms with van der Waals surface area (Å²) in [6.07, 6.45) is 0.767. The number of phenolic OH excluding ortho intramolecular Hbond substituents is 1. The Morgan fingerprint density at radius 2 is 1.89 bits per heavy atom. The van der Waals surface area contributed by atoms with E-state index in [9.17, 15) is 15.3 Å². The van der Waals surface area contributed by atoms with Gasteiger partial charge >= 0.3 is 0 Å². The van der Waals surface area contributed by atoms with Crippen LogP contribution in [0, 0.1) is 6.92 Å². The van der Waals surface area contributed by atoms with Crippen LogP contribution in [0.5, 0.6) is 5.75 Å². The summed E-state index contributed by atoms with van der Waals surface area (Å²) in [4.78, 5) is 2.21.